The summed E-state index contributed by atoms with van der Waals surface area (Å²) in [7, 11) is 0. The van der Waals surface area contributed by atoms with Crippen molar-refractivity contribution in [1.29, 1.82) is 0 Å². The molecule has 0 aliphatic carbocycles. The number of rotatable bonds is 2. The Morgan fingerprint density at radius 2 is 2.09 bits per heavy atom. The summed E-state index contributed by atoms with van der Waals surface area (Å²) >= 11 is 5.39. The zero-order valence-electron chi connectivity index (χ0n) is 6.89. The van der Waals surface area contributed by atoms with E-state index >= 15 is 0 Å². The van der Waals surface area contributed by atoms with Gasteiger partial charge in [0.25, 0.3) is 0 Å². The molecule has 0 rings (SSSR count). The van der Waals surface area contributed by atoms with Crippen LogP contribution >= 0.6 is 11.6 Å². The molecule has 1 N–H and O–H groups in total. The van der Waals surface area contributed by atoms with Gasteiger partial charge in [-0.2, -0.15) is 0 Å². The van der Waals surface area contributed by atoms with E-state index in [2.05, 4.69) is 11.8 Å². The van der Waals surface area contributed by atoms with Crippen molar-refractivity contribution in [3.8, 4) is 11.8 Å². The first-order valence-electron chi connectivity index (χ1n) is 3.49. The van der Waals surface area contributed by atoms with Crippen LogP contribution in [0.15, 0.2) is 12.2 Å². The van der Waals surface area contributed by atoms with Gasteiger partial charge in [-0.25, -0.2) is 0 Å². The fraction of sp³-hybridized carbons (Fsp3) is 0.556. The maximum Gasteiger partial charge on any atom is 0.119 e. The lowest BCUT2D eigenvalue weighted by Crippen LogP contribution is -2.14. The minimum atomic E-state index is -0.880. The van der Waals surface area contributed by atoms with Gasteiger partial charge >= 0.3 is 0 Å². The SMILES string of the molecule is CC(C)(O)C#CC/C=C/CCl. The Morgan fingerprint density at radius 1 is 1.45 bits per heavy atom. The normalized spacial score (nSPS) is 11.3. The molecule has 0 spiro atoms. The third-order valence-electron chi connectivity index (χ3n) is 0.870. The number of halogens is 1. The molecule has 0 unspecified atom stereocenters. The van der Waals surface area contributed by atoms with E-state index in [0.717, 1.165) is 0 Å². The van der Waals surface area contributed by atoms with E-state index in [-0.39, 0.29) is 0 Å². The van der Waals surface area contributed by atoms with Gasteiger partial charge in [0.05, 0.1) is 0 Å². The molecule has 0 saturated carbocycles. The lowest BCUT2D eigenvalue weighted by Gasteiger charge is -2.05. The second-order valence-corrected chi connectivity index (χ2v) is 3.00. The van der Waals surface area contributed by atoms with Gasteiger partial charge in [-0.3, -0.25) is 0 Å². The molecular formula is C9H13ClO. The van der Waals surface area contributed by atoms with Crippen LogP contribution in [0.3, 0.4) is 0 Å². The van der Waals surface area contributed by atoms with Gasteiger partial charge < -0.3 is 5.11 Å². The van der Waals surface area contributed by atoms with E-state index in [4.69, 9.17) is 16.7 Å². The van der Waals surface area contributed by atoms with E-state index < -0.39 is 5.60 Å². The van der Waals surface area contributed by atoms with Crippen LogP contribution in [-0.4, -0.2) is 16.6 Å². The third kappa shape index (κ3) is 9.55. The Balaban J connectivity index is 3.65. The first-order valence-corrected chi connectivity index (χ1v) is 4.03. The Labute approximate surface area is 73.1 Å². The molecule has 11 heavy (non-hydrogen) atoms. The number of hydrogen-bond acceptors (Lipinski definition) is 1. The van der Waals surface area contributed by atoms with Crippen molar-refractivity contribution in [3.63, 3.8) is 0 Å². The summed E-state index contributed by atoms with van der Waals surface area (Å²) in [6.07, 6.45) is 4.36. The Hall–Kier alpha value is -0.450. The van der Waals surface area contributed by atoms with Crippen molar-refractivity contribution in [2.75, 3.05) is 5.88 Å². The molecule has 2 heteroatoms. The first-order chi connectivity index (χ1) is 5.06. The molecule has 0 aromatic heterocycles. The molecule has 0 aromatic rings. The highest BCUT2D eigenvalue weighted by molar-refractivity contribution is 6.18. The van der Waals surface area contributed by atoms with E-state index in [9.17, 15) is 0 Å². The predicted molar refractivity (Wildman–Crippen MR) is 48.6 cm³/mol. The standard InChI is InChI=1S/C9H13ClO/c1-9(2,11)7-5-3-4-6-8-10/h4,6,11H,3,8H2,1-2H3/b6-4+. The molecule has 0 aliphatic rings. The molecule has 0 bridgehead atoms. The number of alkyl halides is 1. The molecule has 0 amide bonds. The van der Waals surface area contributed by atoms with Crippen LogP contribution in [0.2, 0.25) is 0 Å². The first kappa shape index (κ1) is 10.6. The molecule has 62 valence electrons. The average molecular weight is 173 g/mol. The van der Waals surface area contributed by atoms with E-state index in [1.54, 1.807) is 13.8 Å². The maximum atomic E-state index is 9.15. The minimum absolute atomic E-state index is 0.518. The van der Waals surface area contributed by atoms with Gasteiger partial charge in [0.15, 0.2) is 0 Å². The molecule has 0 atom stereocenters. The van der Waals surface area contributed by atoms with Crippen molar-refractivity contribution in [2.24, 2.45) is 0 Å². The fourth-order valence-electron chi connectivity index (χ4n) is 0.473. The summed E-state index contributed by atoms with van der Waals surface area (Å²) < 4.78 is 0. The van der Waals surface area contributed by atoms with Crippen LogP contribution in [-0.2, 0) is 0 Å². The molecule has 1 nitrogen and oxygen atoms in total. The third-order valence-corrected chi connectivity index (χ3v) is 1.05. The highest BCUT2D eigenvalue weighted by atomic mass is 35.5. The summed E-state index contributed by atoms with van der Waals surface area (Å²) in [6.45, 7) is 3.32. The molecule has 0 saturated heterocycles. The second kappa shape index (κ2) is 5.23. The average Bonchev–Trinajstić information content (AvgIpc) is 1.85. The van der Waals surface area contributed by atoms with Gasteiger partial charge in [-0.1, -0.05) is 24.0 Å². The minimum Gasteiger partial charge on any atom is -0.378 e. The van der Waals surface area contributed by atoms with Crippen molar-refractivity contribution in [3.05, 3.63) is 12.2 Å². The maximum absolute atomic E-state index is 9.15. The van der Waals surface area contributed by atoms with Crippen LogP contribution in [0.25, 0.3) is 0 Å². The molecular weight excluding hydrogens is 160 g/mol. The van der Waals surface area contributed by atoms with Crippen LogP contribution in [0.5, 0.6) is 0 Å². The summed E-state index contributed by atoms with van der Waals surface area (Å²) in [4.78, 5) is 0. The van der Waals surface area contributed by atoms with Gasteiger partial charge in [0.1, 0.15) is 5.60 Å². The Bertz CT molecular complexity index is 178. The van der Waals surface area contributed by atoms with Crippen molar-refractivity contribution in [2.45, 2.75) is 25.9 Å². The van der Waals surface area contributed by atoms with E-state index in [1.165, 1.54) is 0 Å². The molecule has 0 heterocycles. The monoisotopic (exact) mass is 172 g/mol. The summed E-state index contributed by atoms with van der Waals surface area (Å²) in [5.41, 5.74) is -0.880. The van der Waals surface area contributed by atoms with Gasteiger partial charge in [-0.15, -0.1) is 11.6 Å². The fourth-order valence-corrected chi connectivity index (χ4v) is 0.599. The lowest BCUT2D eigenvalue weighted by molar-refractivity contribution is 0.143. The predicted octanol–water partition coefficient (Wildman–Crippen LogP) is 1.95. The highest BCUT2D eigenvalue weighted by Gasteiger charge is 2.04. The van der Waals surface area contributed by atoms with Crippen molar-refractivity contribution >= 4 is 11.6 Å². The van der Waals surface area contributed by atoms with Crippen molar-refractivity contribution in [1.82, 2.24) is 0 Å². The zero-order valence-corrected chi connectivity index (χ0v) is 7.65. The van der Waals surface area contributed by atoms with Gasteiger partial charge in [-0.05, 0) is 13.8 Å². The second-order valence-electron chi connectivity index (χ2n) is 2.69. The highest BCUT2D eigenvalue weighted by Crippen LogP contribution is 1.96. The molecule has 0 aromatic carbocycles. The Kier molecular flexibility index (Phi) is 5.02. The molecule has 0 radical (unpaired) electrons. The van der Waals surface area contributed by atoms with E-state index in [1.807, 2.05) is 12.2 Å². The summed E-state index contributed by atoms with van der Waals surface area (Å²) in [6, 6.07) is 0. The number of allylic oxidation sites excluding steroid dienone is 2. The molecule has 0 fully saturated rings. The zero-order chi connectivity index (χ0) is 8.74. The molecule has 0 aliphatic heterocycles. The Morgan fingerprint density at radius 3 is 2.55 bits per heavy atom. The number of aliphatic hydroxyl groups is 1. The van der Waals surface area contributed by atoms with Crippen LogP contribution < -0.4 is 0 Å². The topological polar surface area (TPSA) is 20.2 Å². The van der Waals surface area contributed by atoms with Crippen LogP contribution in [0, 0.1) is 11.8 Å². The number of hydrogen-bond donors (Lipinski definition) is 1. The lowest BCUT2D eigenvalue weighted by atomic mass is 10.1. The largest absolute Gasteiger partial charge is 0.378 e. The van der Waals surface area contributed by atoms with Crippen molar-refractivity contribution < 1.29 is 5.11 Å². The van der Waals surface area contributed by atoms with E-state index in [0.29, 0.717) is 12.3 Å². The van der Waals surface area contributed by atoms with Gasteiger partial charge in [0.2, 0.25) is 0 Å². The van der Waals surface area contributed by atoms with Crippen LogP contribution in [0.4, 0.5) is 0 Å². The quantitative estimate of drug-likeness (QED) is 0.384. The van der Waals surface area contributed by atoms with Gasteiger partial charge in [0, 0.05) is 12.3 Å². The smallest absolute Gasteiger partial charge is 0.119 e. The summed E-state index contributed by atoms with van der Waals surface area (Å²) in [5.74, 6) is 6.02. The summed E-state index contributed by atoms with van der Waals surface area (Å²) in [5, 5.41) is 9.15. The van der Waals surface area contributed by atoms with Crippen LogP contribution in [0.1, 0.15) is 20.3 Å².